The third kappa shape index (κ3) is 4.09. The van der Waals surface area contributed by atoms with E-state index < -0.39 is 0 Å². The lowest BCUT2D eigenvalue weighted by Gasteiger charge is -2.45. The molecule has 154 valence electrons. The maximum absolute atomic E-state index is 5.74. The molecule has 1 aliphatic carbocycles. The van der Waals surface area contributed by atoms with Crippen LogP contribution in [0.2, 0.25) is 0 Å². The average molecular weight is 377 g/mol. The molecule has 5 aliphatic rings. The lowest BCUT2D eigenvalue weighted by molar-refractivity contribution is 0.0587. The van der Waals surface area contributed by atoms with Crippen molar-refractivity contribution in [1.82, 2.24) is 20.9 Å². The van der Waals surface area contributed by atoms with Crippen LogP contribution in [0.5, 0.6) is 0 Å². The minimum atomic E-state index is 0.571. The third-order valence-electron chi connectivity index (χ3n) is 8.57. The van der Waals surface area contributed by atoms with Crippen LogP contribution in [0.3, 0.4) is 0 Å². The Bertz CT molecular complexity index is 477. The van der Waals surface area contributed by atoms with Crippen LogP contribution in [0, 0.1) is 35.5 Å². The topological polar surface area (TPSA) is 48.6 Å². The number of rotatable bonds is 4. The second-order valence-corrected chi connectivity index (χ2v) is 10.0. The van der Waals surface area contributed by atoms with E-state index >= 15 is 0 Å². The van der Waals surface area contributed by atoms with Crippen LogP contribution in [0.1, 0.15) is 38.5 Å². The number of fused-ring (bicyclic) bond motifs is 1. The predicted octanol–water partition coefficient (Wildman–Crippen LogP) is 1.51. The molecule has 5 rings (SSSR count). The van der Waals surface area contributed by atoms with Crippen molar-refractivity contribution >= 4 is 0 Å². The Morgan fingerprint density at radius 2 is 1.70 bits per heavy atom. The maximum Gasteiger partial charge on any atom is 0.0604 e. The molecule has 27 heavy (non-hydrogen) atoms. The number of piperazine rings is 1. The van der Waals surface area contributed by atoms with E-state index in [1.54, 1.807) is 0 Å². The van der Waals surface area contributed by atoms with E-state index in [0.29, 0.717) is 6.17 Å². The van der Waals surface area contributed by atoms with Crippen molar-refractivity contribution in [3.8, 4) is 0 Å². The van der Waals surface area contributed by atoms with Gasteiger partial charge in [0.1, 0.15) is 0 Å². The lowest BCUT2D eigenvalue weighted by Crippen LogP contribution is -2.53. The number of nitrogens with zero attached hydrogens (tertiary/aromatic N) is 1. The van der Waals surface area contributed by atoms with E-state index in [9.17, 15) is 0 Å². The van der Waals surface area contributed by atoms with Gasteiger partial charge in [0.15, 0.2) is 0 Å². The number of piperidine rings is 1. The number of ether oxygens (including phenoxy) is 1. The van der Waals surface area contributed by atoms with Crippen LogP contribution in [-0.2, 0) is 4.74 Å². The Balaban J connectivity index is 1.23. The summed E-state index contributed by atoms with van der Waals surface area (Å²) in [6.07, 6.45) is 9.18. The SMILES string of the molecule is C1CCC(C2CNC3NCC(C4CCOC4)C3C2)C(CN2CCNCC2)C1. The Kier molecular flexibility index (Phi) is 6.03. The van der Waals surface area contributed by atoms with Gasteiger partial charge in [-0.05, 0) is 67.7 Å². The lowest BCUT2D eigenvalue weighted by atomic mass is 9.66. The predicted molar refractivity (Wildman–Crippen MR) is 109 cm³/mol. The highest BCUT2D eigenvalue weighted by atomic mass is 16.5. The highest BCUT2D eigenvalue weighted by Crippen LogP contribution is 2.44. The van der Waals surface area contributed by atoms with Gasteiger partial charge in [-0.1, -0.05) is 12.8 Å². The summed E-state index contributed by atoms with van der Waals surface area (Å²) in [5.41, 5.74) is 0. The molecule has 7 atom stereocenters. The molecule has 5 nitrogen and oxygen atoms in total. The molecule has 0 aromatic heterocycles. The van der Waals surface area contributed by atoms with Crippen molar-refractivity contribution < 1.29 is 4.74 Å². The van der Waals surface area contributed by atoms with Gasteiger partial charge in [0.25, 0.3) is 0 Å². The Morgan fingerprint density at radius 3 is 2.56 bits per heavy atom. The molecule has 0 spiro atoms. The van der Waals surface area contributed by atoms with Gasteiger partial charge in [-0.25, -0.2) is 0 Å². The zero-order valence-electron chi connectivity index (χ0n) is 17.0. The molecule has 0 bridgehead atoms. The standard InChI is InChI=1S/C22H40N4O/c1-2-4-19(16(3-1)14-26-8-6-23-7-9-26)18-11-20-21(17-5-10-27-15-17)13-25-22(20)24-12-18/h16-25H,1-15H2. The van der Waals surface area contributed by atoms with Gasteiger partial charge in [0, 0.05) is 52.5 Å². The van der Waals surface area contributed by atoms with E-state index in [-0.39, 0.29) is 0 Å². The Morgan fingerprint density at radius 1 is 0.852 bits per heavy atom. The molecule has 3 N–H and O–H groups in total. The van der Waals surface area contributed by atoms with Gasteiger partial charge < -0.3 is 25.6 Å². The molecular formula is C22H40N4O. The average Bonchev–Trinajstić information content (AvgIpc) is 3.38. The maximum atomic E-state index is 5.74. The quantitative estimate of drug-likeness (QED) is 0.694. The fraction of sp³-hybridized carbons (Fsp3) is 1.00. The largest absolute Gasteiger partial charge is 0.381 e. The zero-order valence-corrected chi connectivity index (χ0v) is 17.0. The molecule has 0 aromatic rings. The van der Waals surface area contributed by atoms with Crippen LogP contribution < -0.4 is 16.0 Å². The van der Waals surface area contributed by atoms with E-state index in [1.807, 2.05) is 0 Å². The van der Waals surface area contributed by atoms with Crippen molar-refractivity contribution in [3.05, 3.63) is 0 Å². The van der Waals surface area contributed by atoms with E-state index in [1.165, 1.54) is 84.3 Å². The first-order valence-electron chi connectivity index (χ1n) is 11.9. The minimum Gasteiger partial charge on any atom is -0.381 e. The molecule has 1 saturated carbocycles. The summed E-state index contributed by atoms with van der Waals surface area (Å²) in [5, 5.41) is 11.2. The zero-order chi connectivity index (χ0) is 18.1. The van der Waals surface area contributed by atoms with Crippen molar-refractivity contribution in [3.63, 3.8) is 0 Å². The number of hydrogen-bond donors (Lipinski definition) is 3. The minimum absolute atomic E-state index is 0.571. The normalized spacial score (nSPS) is 46.4. The molecular weight excluding hydrogens is 336 g/mol. The molecule has 5 heteroatoms. The molecule has 4 heterocycles. The van der Waals surface area contributed by atoms with E-state index in [2.05, 4.69) is 20.9 Å². The smallest absolute Gasteiger partial charge is 0.0604 e. The van der Waals surface area contributed by atoms with Gasteiger partial charge in [0.2, 0.25) is 0 Å². The Hall–Kier alpha value is -0.200. The first-order chi connectivity index (χ1) is 13.4. The first-order valence-corrected chi connectivity index (χ1v) is 11.9. The molecule has 5 fully saturated rings. The summed E-state index contributed by atoms with van der Waals surface area (Å²) in [4.78, 5) is 2.74. The van der Waals surface area contributed by atoms with Crippen LogP contribution >= 0.6 is 0 Å². The molecule has 0 amide bonds. The number of nitrogens with one attached hydrogen (secondary N) is 3. The molecule has 0 aromatic carbocycles. The second kappa shape index (κ2) is 8.66. The summed E-state index contributed by atoms with van der Waals surface area (Å²) >= 11 is 0. The molecule has 0 radical (unpaired) electrons. The highest BCUT2D eigenvalue weighted by molar-refractivity contribution is 4.99. The van der Waals surface area contributed by atoms with Crippen molar-refractivity contribution in [1.29, 1.82) is 0 Å². The Labute approximate surface area is 165 Å². The second-order valence-electron chi connectivity index (χ2n) is 10.0. The molecule has 7 unspecified atom stereocenters. The van der Waals surface area contributed by atoms with Gasteiger partial charge in [0.05, 0.1) is 6.17 Å². The van der Waals surface area contributed by atoms with E-state index in [4.69, 9.17) is 4.74 Å². The van der Waals surface area contributed by atoms with Crippen LogP contribution in [-0.4, -0.2) is 70.1 Å². The summed E-state index contributed by atoms with van der Waals surface area (Å²) in [5.74, 6) is 5.24. The first kappa shape index (κ1) is 18.8. The molecule has 4 saturated heterocycles. The third-order valence-corrected chi connectivity index (χ3v) is 8.57. The number of hydrogen-bond acceptors (Lipinski definition) is 5. The fourth-order valence-electron chi connectivity index (χ4n) is 7.10. The van der Waals surface area contributed by atoms with Crippen molar-refractivity contribution in [2.24, 2.45) is 35.5 Å². The van der Waals surface area contributed by atoms with Gasteiger partial charge in [-0.2, -0.15) is 0 Å². The summed E-state index contributed by atoms with van der Waals surface area (Å²) in [6, 6.07) is 0. The van der Waals surface area contributed by atoms with Gasteiger partial charge in [-0.3, -0.25) is 0 Å². The van der Waals surface area contributed by atoms with Crippen LogP contribution in [0.15, 0.2) is 0 Å². The summed E-state index contributed by atoms with van der Waals surface area (Å²) in [7, 11) is 0. The highest BCUT2D eigenvalue weighted by Gasteiger charge is 2.46. The fourth-order valence-corrected chi connectivity index (χ4v) is 7.10. The van der Waals surface area contributed by atoms with Gasteiger partial charge in [-0.15, -0.1) is 0 Å². The van der Waals surface area contributed by atoms with E-state index in [0.717, 1.165) is 48.7 Å². The monoisotopic (exact) mass is 376 g/mol. The summed E-state index contributed by atoms with van der Waals surface area (Å²) in [6.45, 7) is 10.7. The summed E-state index contributed by atoms with van der Waals surface area (Å²) < 4.78 is 5.74. The van der Waals surface area contributed by atoms with Gasteiger partial charge >= 0.3 is 0 Å². The van der Waals surface area contributed by atoms with Crippen LogP contribution in [0.4, 0.5) is 0 Å². The van der Waals surface area contributed by atoms with Crippen LogP contribution in [0.25, 0.3) is 0 Å². The van der Waals surface area contributed by atoms with Crippen molar-refractivity contribution in [2.45, 2.75) is 44.7 Å². The van der Waals surface area contributed by atoms with Crippen molar-refractivity contribution in [2.75, 3.05) is 59.0 Å². The molecule has 4 aliphatic heterocycles.